The summed E-state index contributed by atoms with van der Waals surface area (Å²) in [5.41, 5.74) is 1.31. The molecule has 1 N–H and O–H groups in total. The fourth-order valence-electron chi connectivity index (χ4n) is 2.50. The zero-order valence-corrected chi connectivity index (χ0v) is 13.6. The van der Waals surface area contributed by atoms with E-state index in [1.165, 1.54) is 4.90 Å². The average molecular weight is 323 g/mol. The number of nitrogens with zero attached hydrogens (tertiary/aromatic N) is 2. The standard InChI is InChI=1S/C16H19ClN2O3/c1-10(2)19-15(21)13(11-4-6-12(17)7-5-11)14(16(19)22)18(3)8-9-20/h4-7,10,20H,8-9H2,1-3H3. The van der Waals surface area contributed by atoms with Crippen LogP contribution in [-0.2, 0) is 9.59 Å². The third-order valence-corrected chi connectivity index (χ3v) is 3.81. The molecule has 118 valence electrons. The molecule has 0 saturated heterocycles. The molecule has 22 heavy (non-hydrogen) atoms. The summed E-state index contributed by atoms with van der Waals surface area (Å²) in [5, 5.41) is 9.69. The minimum atomic E-state index is -0.332. The first-order chi connectivity index (χ1) is 10.4. The lowest BCUT2D eigenvalue weighted by molar-refractivity contribution is -0.139. The predicted octanol–water partition coefficient (Wildman–Crippen LogP) is 1.75. The molecule has 0 fully saturated rings. The van der Waals surface area contributed by atoms with Gasteiger partial charge in [0.2, 0.25) is 0 Å². The van der Waals surface area contributed by atoms with Gasteiger partial charge in [0.1, 0.15) is 5.70 Å². The van der Waals surface area contributed by atoms with E-state index in [0.717, 1.165) is 0 Å². The van der Waals surface area contributed by atoms with Crippen molar-refractivity contribution in [2.45, 2.75) is 19.9 Å². The van der Waals surface area contributed by atoms with Crippen LogP contribution in [-0.4, -0.2) is 53.0 Å². The zero-order chi connectivity index (χ0) is 16.4. The fraction of sp³-hybridized carbons (Fsp3) is 0.375. The maximum atomic E-state index is 12.7. The second-order valence-corrected chi connectivity index (χ2v) is 5.89. The first-order valence-corrected chi connectivity index (χ1v) is 7.46. The van der Waals surface area contributed by atoms with Gasteiger partial charge in [0.05, 0.1) is 12.2 Å². The molecule has 0 spiro atoms. The Bertz CT molecular complexity index is 623. The molecule has 0 saturated carbocycles. The van der Waals surface area contributed by atoms with Gasteiger partial charge in [0.15, 0.2) is 0 Å². The SMILES string of the molecule is CC(C)N1C(=O)C(c2ccc(Cl)cc2)=C(N(C)CCO)C1=O. The Kier molecular flexibility index (Phi) is 4.88. The highest BCUT2D eigenvalue weighted by Gasteiger charge is 2.41. The van der Waals surface area contributed by atoms with Crippen molar-refractivity contribution in [3.63, 3.8) is 0 Å². The molecule has 0 radical (unpaired) electrons. The van der Waals surface area contributed by atoms with Crippen molar-refractivity contribution in [2.24, 2.45) is 0 Å². The summed E-state index contributed by atoms with van der Waals surface area (Å²) < 4.78 is 0. The van der Waals surface area contributed by atoms with E-state index in [1.54, 1.807) is 50.1 Å². The third-order valence-electron chi connectivity index (χ3n) is 3.56. The van der Waals surface area contributed by atoms with Crippen LogP contribution in [0.1, 0.15) is 19.4 Å². The number of halogens is 1. The number of hydrogen-bond acceptors (Lipinski definition) is 4. The molecule has 1 heterocycles. The molecule has 5 nitrogen and oxygen atoms in total. The Labute approximate surface area is 134 Å². The van der Waals surface area contributed by atoms with Crippen LogP contribution in [0, 0.1) is 0 Å². The van der Waals surface area contributed by atoms with Gasteiger partial charge < -0.3 is 10.0 Å². The van der Waals surface area contributed by atoms with E-state index in [0.29, 0.717) is 21.9 Å². The highest BCUT2D eigenvalue weighted by molar-refractivity contribution is 6.36. The Morgan fingerprint density at radius 1 is 1.18 bits per heavy atom. The molecule has 2 rings (SSSR count). The predicted molar refractivity (Wildman–Crippen MR) is 85.1 cm³/mol. The van der Waals surface area contributed by atoms with Crippen LogP contribution in [0.3, 0.4) is 0 Å². The van der Waals surface area contributed by atoms with Crippen molar-refractivity contribution in [1.82, 2.24) is 9.80 Å². The van der Waals surface area contributed by atoms with Crippen molar-refractivity contribution in [1.29, 1.82) is 0 Å². The summed E-state index contributed by atoms with van der Waals surface area (Å²) in [5.74, 6) is -0.650. The van der Waals surface area contributed by atoms with Crippen LogP contribution < -0.4 is 0 Å². The Morgan fingerprint density at radius 3 is 2.27 bits per heavy atom. The quantitative estimate of drug-likeness (QED) is 0.839. The summed E-state index contributed by atoms with van der Waals surface area (Å²) in [6.07, 6.45) is 0. The zero-order valence-electron chi connectivity index (χ0n) is 12.8. The molecule has 1 aromatic rings. The Balaban J connectivity index is 2.57. The number of imide groups is 1. The first kappa shape index (κ1) is 16.5. The van der Waals surface area contributed by atoms with E-state index in [9.17, 15) is 9.59 Å². The molecule has 0 unspecified atom stereocenters. The number of benzene rings is 1. The van der Waals surface area contributed by atoms with Crippen LogP contribution in [0.2, 0.25) is 5.02 Å². The van der Waals surface area contributed by atoms with Crippen molar-refractivity contribution >= 4 is 29.0 Å². The Hall–Kier alpha value is -1.85. The monoisotopic (exact) mass is 322 g/mol. The number of carbonyl (C=O) groups excluding carboxylic acids is 2. The van der Waals surface area contributed by atoms with Gasteiger partial charge in [0, 0.05) is 24.7 Å². The number of hydrogen-bond donors (Lipinski definition) is 1. The minimum absolute atomic E-state index is 0.100. The van der Waals surface area contributed by atoms with Gasteiger partial charge in [-0.05, 0) is 31.5 Å². The van der Waals surface area contributed by atoms with Crippen LogP contribution in [0.4, 0.5) is 0 Å². The molecule has 0 aromatic heterocycles. The third kappa shape index (κ3) is 2.87. The normalized spacial score (nSPS) is 15.3. The highest BCUT2D eigenvalue weighted by Crippen LogP contribution is 2.32. The van der Waals surface area contributed by atoms with Crippen LogP contribution >= 0.6 is 11.6 Å². The topological polar surface area (TPSA) is 60.9 Å². The van der Waals surface area contributed by atoms with Crippen molar-refractivity contribution in [3.05, 3.63) is 40.5 Å². The van der Waals surface area contributed by atoms with Gasteiger partial charge in [0.25, 0.3) is 11.8 Å². The van der Waals surface area contributed by atoms with Crippen LogP contribution in [0.15, 0.2) is 30.0 Å². The van der Waals surface area contributed by atoms with Gasteiger partial charge in [-0.3, -0.25) is 14.5 Å². The van der Waals surface area contributed by atoms with Crippen LogP contribution in [0.5, 0.6) is 0 Å². The maximum Gasteiger partial charge on any atom is 0.278 e. The molecule has 1 aromatic carbocycles. The van der Waals surface area contributed by atoms with E-state index < -0.39 is 0 Å². The lowest BCUT2D eigenvalue weighted by Crippen LogP contribution is -2.39. The molecule has 0 atom stereocenters. The molecule has 0 bridgehead atoms. The summed E-state index contributed by atoms with van der Waals surface area (Å²) in [7, 11) is 1.69. The van der Waals surface area contributed by atoms with E-state index in [4.69, 9.17) is 16.7 Å². The van der Waals surface area contributed by atoms with Crippen molar-refractivity contribution < 1.29 is 14.7 Å². The molecule has 0 aliphatic carbocycles. The van der Waals surface area contributed by atoms with Gasteiger partial charge in [-0.15, -0.1) is 0 Å². The van der Waals surface area contributed by atoms with Gasteiger partial charge in [-0.2, -0.15) is 0 Å². The first-order valence-electron chi connectivity index (χ1n) is 7.08. The second kappa shape index (κ2) is 6.50. The van der Waals surface area contributed by atoms with E-state index in [2.05, 4.69) is 0 Å². The van der Waals surface area contributed by atoms with Gasteiger partial charge >= 0.3 is 0 Å². The summed E-state index contributed by atoms with van der Waals surface area (Å²) in [6.45, 7) is 3.77. The van der Waals surface area contributed by atoms with Crippen molar-refractivity contribution in [3.8, 4) is 0 Å². The number of aliphatic hydroxyl groups excluding tert-OH is 1. The van der Waals surface area contributed by atoms with E-state index >= 15 is 0 Å². The van der Waals surface area contributed by atoms with E-state index in [1.807, 2.05) is 0 Å². The molecular formula is C16H19ClN2O3. The number of amides is 2. The molecule has 1 aliphatic rings. The average Bonchev–Trinajstić information content (AvgIpc) is 2.71. The van der Waals surface area contributed by atoms with Crippen LogP contribution in [0.25, 0.3) is 5.57 Å². The van der Waals surface area contributed by atoms with Gasteiger partial charge in [-0.25, -0.2) is 0 Å². The molecule has 1 aliphatic heterocycles. The summed E-state index contributed by atoms with van der Waals surface area (Å²) in [6, 6.07) is 6.58. The molecule has 6 heteroatoms. The maximum absolute atomic E-state index is 12.7. The fourth-order valence-corrected chi connectivity index (χ4v) is 2.62. The summed E-state index contributed by atoms with van der Waals surface area (Å²) >= 11 is 5.89. The Morgan fingerprint density at radius 2 is 1.77 bits per heavy atom. The largest absolute Gasteiger partial charge is 0.395 e. The lowest BCUT2D eigenvalue weighted by atomic mass is 10.0. The lowest BCUT2D eigenvalue weighted by Gasteiger charge is -2.22. The van der Waals surface area contributed by atoms with Crippen molar-refractivity contribution in [2.75, 3.05) is 20.2 Å². The second-order valence-electron chi connectivity index (χ2n) is 5.45. The molecular weight excluding hydrogens is 304 g/mol. The highest BCUT2D eigenvalue weighted by atomic mass is 35.5. The summed E-state index contributed by atoms with van der Waals surface area (Å²) in [4.78, 5) is 28.2. The number of aliphatic hydroxyl groups is 1. The molecule has 2 amide bonds. The number of likely N-dealkylation sites (N-methyl/N-ethyl adjacent to an activating group) is 1. The smallest absolute Gasteiger partial charge is 0.278 e. The number of carbonyl (C=O) groups is 2. The van der Waals surface area contributed by atoms with E-state index in [-0.39, 0.29) is 31.0 Å². The van der Waals surface area contributed by atoms with Gasteiger partial charge in [-0.1, -0.05) is 23.7 Å². The minimum Gasteiger partial charge on any atom is -0.395 e. The number of rotatable bonds is 5.